The van der Waals surface area contributed by atoms with Crippen LogP contribution in [0.25, 0.3) is 0 Å². The van der Waals surface area contributed by atoms with Crippen LogP contribution in [0.1, 0.15) is 27.9 Å². The molecule has 3 heterocycles. The first-order valence-corrected chi connectivity index (χ1v) is 8.15. The predicted octanol–water partition coefficient (Wildman–Crippen LogP) is 1.58. The standard InChI is InChI=1S/C18H17N5O2/c19-7-13-2-1-3-14(6-13)8-20-17-21-9-15(10-22-17)16(24)23-5-4-18(23)11-25-12-18/h1-3,6,9-10H,4-5,8,11-12H2,(H,20,21,22). The SMILES string of the molecule is N#Cc1cccc(CNc2ncc(C(=O)N3CCC34COC4)cn2)c1. The third-order valence-electron chi connectivity index (χ3n) is 4.77. The van der Waals surface area contributed by atoms with Gasteiger partial charge in [-0.25, -0.2) is 9.97 Å². The molecule has 1 aromatic carbocycles. The maximum Gasteiger partial charge on any atom is 0.257 e. The number of hydrogen-bond donors (Lipinski definition) is 1. The van der Waals surface area contributed by atoms with Gasteiger partial charge >= 0.3 is 0 Å². The molecule has 0 saturated carbocycles. The highest BCUT2D eigenvalue weighted by Gasteiger charge is 2.53. The molecule has 2 aliphatic rings. The van der Waals surface area contributed by atoms with Crippen LogP contribution in [-0.4, -0.2) is 46.1 Å². The summed E-state index contributed by atoms with van der Waals surface area (Å²) in [7, 11) is 0. The Morgan fingerprint density at radius 1 is 1.36 bits per heavy atom. The molecule has 7 heteroatoms. The van der Waals surface area contributed by atoms with Crippen molar-refractivity contribution >= 4 is 11.9 Å². The van der Waals surface area contributed by atoms with E-state index < -0.39 is 0 Å². The van der Waals surface area contributed by atoms with Crippen LogP contribution in [0.5, 0.6) is 0 Å². The van der Waals surface area contributed by atoms with E-state index in [1.807, 2.05) is 23.1 Å². The van der Waals surface area contributed by atoms with E-state index >= 15 is 0 Å². The van der Waals surface area contributed by atoms with Crippen LogP contribution in [0.4, 0.5) is 5.95 Å². The van der Waals surface area contributed by atoms with Gasteiger partial charge in [-0.1, -0.05) is 12.1 Å². The first kappa shape index (κ1) is 15.5. The van der Waals surface area contributed by atoms with E-state index in [4.69, 9.17) is 10.00 Å². The number of aromatic nitrogens is 2. The summed E-state index contributed by atoms with van der Waals surface area (Å²) in [4.78, 5) is 22.8. The monoisotopic (exact) mass is 335 g/mol. The molecule has 0 unspecified atom stereocenters. The third-order valence-corrected chi connectivity index (χ3v) is 4.77. The normalized spacial score (nSPS) is 17.3. The van der Waals surface area contributed by atoms with Gasteiger partial charge in [0.15, 0.2) is 0 Å². The van der Waals surface area contributed by atoms with Gasteiger partial charge in [-0.05, 0) is 24.1 Å². The molecule has 1 N–H and O–H groups in total. The van der Waals surface area contributed by atoms with Crippen LogP contribution < -0.4 is 5.32 Å². The molecule has 4 rings (SSSR count). The van der Waals surface area contributed by atoms with Crippen molar-refractivity contribution in [1.29, 1.82) is 5.26 Å². The fraction of sp³-hybridized carbons (Fsp3) is 0.333. The average molecular weight is 335 g/mol. The van der Waals surface area contributed by atoms with Gasteiger partial charge in [0.05, 0.1) is 35.9 Å². The molecule has 126 valence electrons. The molecule has 2 aliphatic heterocycles. The van der Waals surface area contributed by atoms with Gasteiger partial charge in [0.2, 0.25) is 5.95 Å². The molecule has 1 spiro atoms. The molecule has 1 amide bonds. The molecule has 2 fully saturated rings. The van der Waals surface area contributed by atoms with Crippen molar-refractivity contribution in [2.24, 2.45) is 0 Å². The molecule has 0 atom stereocenters. The summed E-state index contributed by atoms with van der Waals surface area (Å²) < 4.78 is 5.25. The minimum atomic E-state index is -0.0836. The number of rotatable bonds is 4. The number of nitrogens with zero attached hydrogens (tertiary/aromatic N) is 4. The molecule has 2 saturated heterocycles. The van der Waals surface area contributed by atoms with Crippen LogP contribution in [0.15, 0.2) is 36.7 Å². The van der Waals surface area contributed by atoms with E-state index in [9.17, 15) is 4.79 Å². The fourth-order valence-electron chi connectivity index (χ4n) is 3.11. The molecule has 0 radical (unpaired) electrons. The Kier molecular flexibility index (Phi) is 3.82. The number of anilines is 1. The van der Waals surface area contributed by atoms with Crippen LogP contribution in [0.2, 0.25) is 0 Å². The maximum atomic E-state index is 12.5. The number of hydrogen-bond acceptors (Lipinski definition) is 6. The number of nitriles is 1. The molecular formula is C18H17N5O2. The molecule has 0 bridgehead atoms. The van der Waals surface area contributed by atoms with Gasteiger partial charge in [-0.3, -0.25) is 4.79 Å². The number of ether oxygens (including phenoxy) is 1. The van der Waals surface area contributed by atoms with Gasteiger partial charge in [-0.15, -0.1) is 0 Å². The lowest BCUT2D eigenvalue weighted by Gasteiger charge is -2.57. The zero-order valence-electron chi connectivity index (χ0n) is 13.6. The topological polar surface area (TPSA) is 91.1 Å². The Morgan fingerprint density at radius 3 is 2.76 bits per heavy atom. The highest BCUT2D eigenvalue weighted by molar-refractivity contribution is 5.95. The molecule has 2 aromatic rings. The molecule has 0 aliphatic carbocycles. The Hall–Kier alpha value is -2.98. The summed E-state index contributed by atoms with van der Waals surface area (Å²) in [5, 5.41) is 12.0. The first-order valence-electron chi connectivity index (χ1n) is 8.15. The van der Waals surface area contributed by atoms with Crippen LogP contribution in [0, 0.1) is 11.3 Å². The largest absolute Gasteiger partial charge is 0.376 e. The second kappa shape index (κ2) is 6.15. The van der Waals surface area contributed by atoms with Crippen LogP contribution in [0.3, 0.4) is 0 Å². The molecule has 25 heavy (non-hydrogen) atoms. The van der Waals surface area contributed by atoms with Gasteiger partial charge in [0.25, 0.3) is 5.91 Å². The highest BCUT2D eigenvalue weighted by atomic mass is 16.5. The summed E-state index contributed by atoms with van der Waals surface area (Å²) in [6.45, 7) is 2.52. The Bertz CT molecular complexity index is 834. The van der Waals surface area contributed by atoms with Crippen molar-refractivity contribution in [2.75, 3.05) is 25.1 Å². The van der Waals surface area contributed by atoms with E-state index in [0.717, 1.165) is 18.5 Å². The fourth-order valence-corrected chi connectivity index (χ4v) is 3.11. The minimum Gasteiger partial charge on any atom is -0.376 e. The zero-order valence-corrected chi connectivity index (χ0v) is 13.6. The number of carbonyl (C=O) groups excluding carboxylic acids is 1. The van der Waals surface area contributed by atoms with E-state index in [1.165, 1.54) is 0 Å². The highest BCUT2D eigenvalue weighted by Crippen LogP contribution is 2.38. The zero-order chi connectivity index (χ0) is 17.3. The summed E-state index contributed by atoms with van der Waals surface area (Å²) in [6, 6.07) is 9.45. The lowest BCUT2D eigenvalue weighted by molar-refractivity contribution is -0.172. The van der Waals surface area contributed by atoms with E-state index in [-0.39, 0.29) is 11.4 Å². The lowest BCUT2D eigenvalue weighted by atomic mass is 9.82. The van der Waals surface area contributed by atoms with Crippen molar-refractivity contribution in [2.45, 2.75) is 18.5 Å². The Labute approximate surface area is 145 Å². The Morgan fingerprint density at radius 2 is 2.16 bits per heavy atom. The van der Waals surface area contributed by atoms with Gasteiger partial charge in [0.1, 0.15) is 0 Å². The van der Waals surface area contributed by atoms with Crippen molar-refractivity contribution < 1.29 is 9.53 Å². The van der Waals surface area contributed by atoms with E-state index in [2.05, 4.69) is 21.4 Å². The van der Waals surface area contributed by atoms with Gasteiger partial charge < -0.3 is 15.0 Å². The number of likely N-dealkylation sites (tertiary alicyclic amines) is 1. The summed E-state index contributed by atoms with van der Waals surface area (Å²) in [5.74, 6) is 0.409. The van der Waals surface area contributed by atoms with Crippen LogP contribution >= 0.6 is 0 Å². The predicted molar refractivity (Wildman–Crippen MR) is 89.7 cm³/mol. The Balaban J connectivity index is 1.38. The molecule has 1 aromatic heterocycles. The number of amides is 1. The number of carbonyl (C=O) groups is 1. The van der Waals surface area contributed by atoms with Gasteiger partial charge in [0, 0.05) is 25.5 Å². The van der Waals surface area contributed by atoms with E-state index in [0.29, 0.717) is 36.8 Å². The van der Waals surface area contributed by atoms with Crippen LogP contribution in [-0.2, 0) is 11.3 Å². The second-order valence-corrected chi connectivity index (χ2v) is 6.39. The number of benzene rings is 1. The van der Waals surface area contributed by atoms with Crippen molar-refractivity contribution in [3.05, 3.63) is 53.3 Å². The second-order valence-electron chi connectivity index (χ2n) is 6.39. The first-order chi connectivity index (χ1) is 12.2. The third kappa shape index (κ3) is 2.81. The summed E-state index contributed by atoms with van der Waals surface area (Å²) in [5.41, 5.74) is 1.99. The molecule has 7 nitrogen and oxygen atoms in total. The molecular weight excluding hydrogens is 318 g/mol. The van der Waals surface area contributed by atoms with Crippen molar-refractivity contribution in [1.82, 2.24) is 14.9 Å². The summed E-state index contributed by atoms with van der Waals surface area (Å²) in [6.07, 6.45) is 4.10. The maximum absolute atomic E-state index is 12.5. The lowest BCUT2D eigenvalue weighted by Crippen LogP contribution is -2.72. The van der Waals surface area contributed by atoms with E-state index in [1.54, 1.807) is 18.5 Å². The van der Waals surface area contributed by atoms with Crippen molar-refractivity contribution in [3.63, 3.8) is 0 Å². The van der Waals surface area contributed by atoms with Gasteiger partial charge in [-0.2, -0.15) is 5.26 Å². The number of nitrogens with one attached hydrogen (secondary N) is 1. The minimum absolute atomic E-state index is 0.0391. The van der Waals surface area contributed by atoms with Crippen molar-refractivity contribution in [3.8, 4) is 6.07 Å². The summed E-state index contributed by atoms with van der Waals surface area (Å²) >= 11 is 0. The average Bonchev–Trinajstić information content (AvgIpc) is 2.58. The quantitative estimate of drug-likeness (QED) is 0.912. The smallest absolute Gasteiger partial charge is 0.257 e.